The number of rotatable bonds is 1. The second-order valence-corrected chi connectivity index (χ2v) is 5.13. The first-order valence-corrected chi connectivity index (χ1v) is 6.23. The van der Waals surface area contributed by atoms with Gasteiger partial charge in [0, 0.05) is 25.7 Å². The maximum absolute atomic E-state index is 5.96. The molecule has 3 rings (SSSR count). The summed E-state index contributed by atoms with van der Waals surface area (Å²) in [6, 6.07) is 2.80. The summed E-state index contributed by atoms with van der Waals surface area (Å²) in [7, 11) is 0. The molecule has 3 heterocycles. The van der Waals surface area contributed by atoms with E-state index in [0.717, 1.165) is 24.6 Å². The van der Waals surface area contributed by atoms with Gasteiger partial charge in [-0.3, -0.25) is 0 Å². The molecule has 1 aromatic heterocycles. The van der Waals surface area contributed by atoms with Crippen molar-refractivity contribution in [3.8, 4) is 0 Å². The number of fused-ring (bicyclic) bond motifs is 1. The minimum Gasteiger partial charge on any atom is -0.366 e. The van der Waals surface area contributed by atoms with Gasteiger partial charge >= 0.3 is 0 Å². The van der Waals surface area contributed by atoms with E-state index < -0.39 is 0 Å². The monoisotopic (exact) mass is 237 g/mol. The number of aromatic nitrogens is 1. The third-order valence-electron chi connectivity index (χ3n) is 3.78. The number of nitrogens with one attached hydrogen (secondary N) is 1. The molecule has 2 aliphatic heterocycles. The number of hydrogen-bond acceptors (Lipinski definition) is 3. The van der Waals surface area contributed by atoms with Gasteiger partial charge in [-0.25, -0.2) is 4.98 Å². The average Bonchev–Trinajstić information content (AvgIpc) is 2.83. The van der Waals surface area contributed by atoms with Gasteiger partial charge in [0.2, 0.25) is 0 Å². The lowest BCUT2D eigenvalue weighted by Crippen LogP contribution is -2.34. The highest BCUT2D eigenvalue weighted by Crippen LogP contribution is 2.32. The Morgan fingerprint density at radius 3 is 3.19 bits per heavy atom. The predicted molar refractivity (Wildman–Crippen MR) is 66.1 cm³/mol. The highest BCUT2D eigenvalue weighted by atomic mass is 35.5. The number of pyridine rings is 1. The molecule has 0 amide bonds. The molecule has 3 nitrogen and oxygen atoms in total. The Morgan fingerprint density at radius 2 is 2.38 bits per heavy atom. The third kappa shape index (κ3) is 1.59. The fourth-order valence-electron chi connectivity index (χ4n) is 2.87. The summed E-state index contributed by atoms with van der Waals surface area (Å²) in [5.74, 6) is 0.816. The molecule has 4 heteroatoms. The van der Waals surface area contributed by atoms with Crippen molar-refractivity contribution < 1.29 is 0 Å². The van der Waals surface area contributed by atoms with E-state index in [-0.39, 0.29) is 0 Å². The molecule has 0 saturated carbocycles. The van der Waals surface area contributed by atoms with Gasteiger partial charge in [0.1, 0.15) is 5.15 Å². The van der Waals surface area contributed by atoms with Crippen molar-refractivity contribution in [1.29, 1.82) is 0 Å². The van der Waals surface area contributed by atoms with Crippen LogP contribution in [0.5, 0.6) is 0 Å². The first-order valence-electron chi connectivity index (χ1n) is 5.85. The highest BCUT2D eigenvalue weighted by Gasteiger charge is 2.37. The van der Waals surface area contributed by atoms with Crippen molar-refractivity contribution >= 4 is 17.3 Å². The lowest BCUT2D eigenvalue weighted by Gasteiger charge is -2.25. The van der Waals surface area contributed by atoms with E-state index >= 15 is 0 Å². The van der Waals surface area contributed by atoms with E-state index in [1.54, 1.807) is 0 Å². The fraction of sp³-hybridized carbons (Fsp3) is 0.583. The zero-order valence-corrected chi connectivity index (χ0v) is 10.2. The quantitative estimate of drug-likeness (QED) is 0.756. The summed E-state index contributed by atoms with van der Waals surface area (Å²) in [6.07, 6.45) is 3.19. The third-order valence-corrected chi connectivity index (χ3v) is 4.17. The van der Waals surface area contributed by atoms with Crippen LogP contribution in [0.2, 0.25) is 5.15 Å². The van der Waals surface area contributed by atoms with E-state index in [2.05, 4.69) is 21.3 Å². The Bertz CT molecular complexity index is 407. The zero-order chi connectivity index (χ0) is 11.1. The van der Waals surface area contributed by atoms with Crippen molar-refractivity contribution in [1.82, 2.24) is 10.3 Å². The molecular formula is C12H16ClN3. The second kappa shape index (κ2) is 3.90. The lowest BCUT2D eigenvalue weighted by atomic mass is 10.1. The molecule has 0 radical (unpaired) electrons. The topological polar surface area (TPSA) is 28.2 Å². The lowest BCUT2D eigenvalue weighted by molar-refractivity contribution is 0.578. The molecular weight excluding hydrogens is 222 g/mol. The van der Waals surface area contributed by atoms with Crippen molar-refractivity contribution in [3.05, 3.63) is 23.0 Å². The SMILES string of the molecule is Cc1cc(N2CC[C@@H]3CNC[C@@H]32)cnc1Cl. The zero-order valence-electron chi connectivity index (χ0n) is 9.41. The number of aryl methyl sites for hydroxylation is 1. The molecule has 0 bridgehead atoms. The van der Waals surface area contributed by atoms with Crippen LogP contribution in [-0.2, 0) is 0 Å². The van der Waals surface area contributed by atoms with Crippen LogP contribution in [0.25, 0.3) is 0 Å². The maximum Gasteiger partial charge on any atom is 0.132 e. The molecule has 2 fully saturated rings. The first kappa shape index (κ1) is 10.4. The Labute approximate surface area is 101 Å². The summed E-state index contributed by atoms with van der Waals surface area (Å²) >= 11 is 5.96. The maximum atomic E-state index is 5.96. The van der Waals surface area contributed by atoms with Crippen molar-refractivity contribution in [2.75, 3.05) is 24.5 Å². The number of halogens is 1. The molecule has 16 heavy (non-hydrogen) atoms. The number of hydrogen-bond donors (Lipinski definition) is 1. The summed E-state index contributed by atoms with van der Waals surface area (Å²) < 4.78 is 0. The van der Waals surface area contributed by atoms with Gasteiger partial charge in [0.05, 0.1) is 11.9 Å². The molecule has 1 aromatic rings. The van der Waals surface area contributed by atoms with E-state index in [0.29, 0.717) is 11.2 Å². The van der Waals surface area contributed by atoms with Crippen LogP contribution in [0, 0.1) is 12.8 Å². The van der Waals surface area contributed by atoms with Gasteiger partial charge in [-0.2, -0.15) is 0 Å². The summed E-state index contributed by atoms with van der Waals surface area (Å²) in [5, 5.41) is 4.08. The van der Waals surface area contributed by atoms with Gasteiger partial charge in [0.25, 0.3) is 0 Å². The average molecular weight is 238 g/mol. The Morgan fingerprint density at radius 1 is 1.50 bits per heavy atom. The minimum atomic E-state index is 0.615. The standard InChI is InChI=1S/C12H16ClN3/c1-8-4-10(6-15-12(8)13)16-3-2-9-5-14-7-11(9)16/h4,6,9,11,14H,2-3,5,7H2,1H3/t9-,11+/m1/s1. The van der Waals surface area contributed by atoms with Crippen LogP contribution in [0.15, 0.2) is 12.3 Å². The van der Waals surface area contributed by atoms with Crippen LogP contribution in [0.1, 0.15) is 12.0 Å². The first-order chi connectivity index (χ1) is 7.75. The number of anilines is 1. The van der Waals surface area contributed by atoms with Crippen LogP contribution < -0.4 is 10.2 Å². The molecule has 2 aliphatic rings. The molecule has 86 valence electrons. The summed E-state index contributed by atoms with van der Waals surface area (Å²) in [6.45, 7) is 5.44. The molecule has 0 aliphatic carbocycles. The van der Waals surface area contributed by atoms with Crippen molar-refractivity contribution in [3.63, 3.8) is 0 Å². The van der Waals surface area contributed by atoms with Crippen LogP contribution in [-0.4, -0.2) is 30.7 Å². The van der Waals surface area contributed by atoms with E-state index in [9.17, 15) is 0 Å². The Balaban J connectivity index is 1.89. The predicted octanol–water partition coefficient (Wildman–Crippen LogP) is 1.84. The van der Waals surface area contributed by atoms with Gasteiger partial charge in [-0.05, 0) is 30.9 Å². The minimum absolute atomic E-state index is 0.615. The number of nitrogens with zero attached hydrogens (tertiary/aromatic N) is 2. The molecule has 0 aromatic carbocycles. The van der Waals surface area contributed by atoms with Crippen molar-refractivity contribution in [2.24, 2.45) is 5.92 Å². The molecule has 2 atom stereocenters. The highest BCUT2D eigenvalue weighted by molar-refractivity contribution is 6.30. The van der Waals surface area contributed by atoms with Crippen molar-refractivity contribution in [2.45, 2.75) is 19.4 Å². The summed E-state index contributed by atoms with van der Waals surface area (Å²) in [4.78, 5) is 6.71. The normalized spacial score (nSPS) is 28.5. The smallest absolute Gasteiger partial charge is 0.132 e. The molecule has 1 N–H and O–H groups in total. The largest absolute Gasteiger partial charge is 0.366 e. The van der Waals surface area contributed by atoms with E-state index in [1.807, 2.05) is 13.1 Å². The van der Waals surface area contributed by atoms with Crippen LogP contribution in [0.4, 0.5) is 5.69 Å². The Kier molecular flexibility index (Phi) is 2.52. The van der Waals surface area contributed by atoms with Gasteiger partial charge in [-0.1, -0.05) is 11.6 Å². The summed E-state index contributed by atoms with van der Waals surface area (Å²) in [5.41, 5.74) is 2.28. The van der Waals surface area contributed by atoms with E-state index in [1.165, 1.54) is 18.7 Å². The van der Waals surface area contributed by atoms with Gasteiger partial charge in [-0.15, -0.1) is 0 Å². The molecule has 0 unspecified atom stereocenters. The van der Waals surface area contributed by atoms with Crippen LogP contribution in [0.3, 0.4) is 0 Å². The van der Waals surface area contributed by atoms with E-state index in [4.69, 9.17) is 11.6 Å². The van der Waals surface area contributed by atoms with Crippen LogP contribution >= 0.6 is 11.6 Å². The molecule has 0 spiro atoms. The van der Waals surface area contributed by atoms with Gasteiger partial charge < -0.3 is 10.2 Å². The second-order valence-electron chi connectivity index (χ2n) is 4.77. The fourth-order valence-corrected chi connectivity index (χ4v) is 2.97. The molecule has 2 saturated heterocycles. The Hall–Kier alpha value is -0.800. The van der Waals surface area contributed by atoms with Gasteiger partial charge in [0.15, 0.2) is 0 Å².